The zero-order chi connectivity index (χ0) is 18.0. The zero-order valence-corrected chi connectivity index (χ0v) is 15.5. The van der Waals surface area contributed by atoms with Crippen LogP contribution in [0, 0.1) is 6.92 Å². The molecule has 128 valence electrons. The summed E-state index contributed by atoms with van der Waals surface area (Å²) in [5.74, 6) is -0.898. The summed E-state index contributed by atoms with van der Waals surface area (Å²) in [6, 6.07) is 10.4. The fraction of sp³-hybridized carbons (Fsp3) is 0.118. The first kappa shape index (κ1) is 17.7. The molecule has 5 nitrogen and oxygen atoms in total. The van der Waals surface area contributed by atoms with Gasteiger partial charge in [0.2, 0.25) is 5.91 Å². The lowest BCUT2D eigenvalue weighted by Crippen LogP contribution is -2.36. The van der Waals surface area contributed by atoms with E-state index in [2.05, 4.69) is 5.32 Å². The number of hydrogen-bond donors (Lipinski definition) is 1. The van der Waals surface area contributed by atoms with E-state index in [1.165, 1.54) is 11.3 Å². The van der Waals surface area contributed by atoms with Gasteiger partial charge in [-0.15, -0.1) is 11.3 Å². The van der Waals surface area contributed by atoms with Gasteiger partial charge in [-0.25, -0.2) is 0 Å². The number of carbonyl (C=O) groups is 3. The Labute approximate surface area is 157 Å². The summed E-state index contributed by atoms with van der Waals surface area (Å²) in [6.07, 6.45) is 1.68. The topological polar surface area (TPSA) is 66.5 Å². The summed E-state index contributed by atoms with van der Waals surface area (Å²) in [7, 11) is 0. The van der Waals surface area contributed by atoms with E-state index in [1.807, 2.05) is 19.1 Å². The van der Waals surface area contributed by atoms with E-state index in [0.29, 0.717) is 15.6 Å². The number of benzene rings is 1. The van der Waals surface area contributed by atoms with E-state index < -0.39 is 17.1 Å². The lowest BCUT2D eigenvalue weighted by atomic mass is 10.3. The lowest BCUT2D eigenvalue weighted by molar-refractivity contribution is -0.127. The highest BCUT2D eigenvalue weighted by Gasteiger charge is 2.36. The average Bonchev–Trinajstić information content (AvgIpc) is 3.08. The Hall–Kier alpha value is -2.09. The van der Waals surface area contributed by atoms with Crippen LogP contribution in [0.5, 0.6) is 0 Å². The molecule has 2 aromatic rings. The molecule has 0 radical (unpaired) electrons. The minimum atomic E-state index is -0.452. The summed E-state index contributed by atoms with van der Waals surface area (Å²) >= 11 is 8.17. The molecule has 1 aromatic carbocycles. The molecule has 0 spiro atoms. The fourth-order valence-electron chi connectivity index (χ4n) is 2.17. The second-order valence-electron chi connectivity index (χ2n) is 5.27. The molecule has 0 saturated carbocycles. The van der Waals surface area contributed by atoms with E-state index in [1.54, 1.807) is 30.3 Å². The number of carbonyl (C=O) groups excluding carboxylic acids is 3. The van der Waals surface area contributed by atoms with Crippen molar-refractivity contribution in [3.05, 3.63) is 56.1 Å². The predicted molar refractivity (Wildman–Crippen MR) is 102 cm³/mol. The number of nitrogens with one attached hydrogen (secondary N) is 1. The molecule has 1 aliphatic heterocycles. The smallest absolute Gasteiger partial charge is 0.294 e. The highest BCUT2D eigenvalue weighted by molar-refractivity contribution is 8.18. The zero-order valence-electron chi connectivity index (χ0n) is 13.1. The number of thioether (sulfide) groups is 1. The van der Waals surface area contributed by atoms with Gasteiger partial charge in [-0.3, -0.25) is 19.3 Å². The van der Waals surface area contributed by atoms with Crippen LogP contribution in [-0.4, -0.2) is 28.5 Å². The molecule has 1 aliphatic rings. The van der Waals surface area contributed by atoms with Crippen LogP contribution in [0.25, 0.3) is 6.08 Å². The van der Waals surface area contributed by atoms with Crippen LogP contribution in [0.2, 0.25) is 5.02 Å². The van der Waals surface area contributed by atoms with Gasteiger partial charge < -0.3 is 5.32 Å². The molecule has 0 bridgehead atoms. The molecule has 0 aliphatic carbocycles. The van der Waals surface area contributed by atoms with Crippen molar-refractivity contribution in [2.24, 2.45) is 0 Å². The van der Waals surface area contributed by atoms with Gasteiger partial charge in [-0.2, -0.15) is 0 Å². The molecule has 1 fully saturated rings. The Balaban J connectivity index is 1.67. The van der Waals surface area contributed by atoms with E-state index in [0.717, 1.165) is 26.4 Å². The molecule has 3 rings (SSSR count). The molecule has 2 heterocycles. The molecule has 8 heteroatoms. The van der Waals surface area contributed by atoms with Crippen LogP contribution in [0.3, 0.4) is 0 Å². The maximum Gasteiger partial charge on any atom is 0.294 e. The molecule has 0 atom stereocenters. The summed E-state index contributed by atoms with van der Waals surface area (Å²) in [6.45, 7) is 1.64. The van der Waals surface area contributed by atoms with Gasteiger partial charge in [0.15, 0.2) is 0 Å². The molecular weight excluding hydrogens is 380 g/mol. The fourth-order valence-corrected chi connectivity index (χ4v) is 4.02. The minimum Gasteiger partial charge on any atom is -0.325 e. The number of rotatable bonds is 4. The lowest BCUT2D eigenvalue weighted by Gasteiger charge is -2.12. The van der Waals surface area contributed by atoms with Crippen molar-refractivity contribution in [3.63, 3.8) is 0 Å². The third-order valence-electron chi connectivity index (χ3n) is 3.34. The number of amides is 3. The van der Waals surface area contributed by atoms with Crippen LogP contribution in [0.1, 0.15) is 9.75 Å². The monoisotopic (exact) mass is 392 g/mol. The van der Waals surface area contributed by atoms with Crippen molar-refractivity contribution < 1.29 is 14.4 Å². The highest BCUT2D eigenvalue weighted by atomic mass is 35.5. The number of thiophene rings is 1. The SMILES string of the molecule is Cc1ccc(/C=C2/SC(=O)N(CC(=O)Nc3ccc(Cl)cc3)C2=O)s1. The minimum absolute atomic E-state index is 0.325. The Bertz CT molecular complexity index is 874. The number of hydrogen-bond acceptors (Lipinski definition) is 5. The summed E-state index contributed by atoms with van der Waals surface area (Å²) in [5, 5.41) is 2.74. The summed E-state index contributed by atoms with van der Waals surface area (Å²) < 4.78 is 0. The molecule has 25 heavy (non-hydrogen) atoms. The third-order valence-corrected chi connectivity index (χ3v) is 5.44. The Morgan fingerprint density at radius 3 is 2.56 bits per heavy atom. The van der Waals surface area contributed by atoms with Crippen LogP contribution < -0.4 is 5.32 Å². The van der Waals surface area contributed by atoms with Crippen molar-refractivity contribution in [1.82, 2.24) is 4.90 Å². The number of imide groups is 1. The van der Waals surface area contributed by atoms with Crippen molar-refractivity contribution in [1.29, 1.82) is 0 Å². The van der Waals surface area contributed by atoms with E-state index >= 15 is 0 Å². The van der Waals surface area contributed by atoms with Gasteiger partial charge in [-0.1, -0.05) is 11.6 Å². The van der Waals surface area contributed by atoms with Gasteiger partial charge >= 0.3 is 0 Å². The van der Waals surface area contributed by atoms with Gasteiger partial charge in [0.05, 0.1) is 4.91 Å². The third kappa shape index (κ3) is 4.31. The maximum atomic E-state index is 12.4. The van der Waals surface area contributed by atoms with Crippen LogP contribution in [0.4, 0.5) is 10.5 Å². The first-order valence-electron chi connectivity index (χ1n) is 7.29. The van der Waals surface area contributed by atoms with Gasteiger partial charge in [0.25, 0.3) is 11.1 Å². The second-order valence-corrected chi connectivity index (χ2v) is 8.02. The molecule has 1 aromatic heterocycles. The predicted octanol–water partition coefficient (Wildman–Crippen LogP) is 4.38. The molecule has 1 saturated heterocycles. The van der Waals surface area contributed by atoms with Crippen LogP contribution in [0.15, 0.2) is 41.3 Å². The van der Waals surface area contributed by atoms with E-state index in [4.69, 9.17) is 11.6 Å². The van der Waals surface area contributed by atoms with Gasteiger partial charge in [0, 0.05) is 20.5 Å². The van der Waals surface area contributed by atoms with Crippen LogP contribution >= 0.6 is 34.7 Å². The Morgan fingerprint density at radius 1 is 1.20 bits per heavy atom. The molecule has 0 unspecified atom stereocenters. The first-order valence-corrected chi connectivity index (χ1v) is 9.31. The maximum absolute atomic E-state index is 12.4. The van der Waals surface area contributed by atoms with Crippen molar-refractivity contribution in [2.75, 3.05) is 11.9 Å². The Kier molecular flexibility index (Phi) is 5.27. The van der Waals surface area contributed by atoms with Crippen molar-refractivity contribution in [2.45, 2.75) is 6.92 Å². The number of anilines is 1. The average molecular weight is 393 g/mol. The quantitative estimate of drug-likeness (QED) is 0.784. The molecular formula is C17H13ClN2O3S2. The van der Waals surface area contributed by atoms with Crippen LogP contribution in [-0.2, 0) is 9.59 Å². The highest BCUT2D eigenvalue weighted by Crippen LogP contribution is 2.33. The molecule has 1 N–H and O–H groups in total. The van der Waals surface area contributed by atoms with Crippen molar-refractivity contribution >= 4 is 63.5 Å². The largest absolute Gasteiger partial charge is 0.325 e. The normalized spacial score (nSPS) is 15.9. The van der Waals surface area contributed by atoms with E-state index in [9.17, 15) is 14.4 Å². The Morgan fingerprint density at radius 2 is 1.92 bits per heavy atom. The molecule has 3 amide bonds. The van der Waals surface area contributed by atoms with E-state index in [-0.39, 0.29) is 6.54 Å². The second kappa shape index (κ2) is 7.43. The number of halogens is 1. The first-order chi connectivity index (χ1) is 11.9. The van der Waals surface area contributed by atoms with Crippen molar-refractivity contribution in [3.8, 4) is 0 Å². The summed E-state index contributed by atoms with van der Waals surface area (Å²) in [4.78, 5) is 39.8. The summed E-state index contributed by atoms with van der Waals surface area (Å²) in [5.41, 5.74) is 0.547. The van der Waals surface area contributed by atoms with Gasteiger partial charge in [-0.05, 0) is 61.2 Å². The number of nitrogens with zero attached hydrogens (tertiary/aromatic N) is 1. The van der Waals surface area contributed by atoms with Gasteiger partial charge in [0.1, 0.15) is 6.54 Å². The number of aryl methyl sites for hydroxylation is 1. The standard InChI is InChI=1S/C17H13ClN2O3S2/c1-10-2-7-13(24-10)8-14-16(22)20(17(23)25-14)9-15(21)19-12-5-3-11(18)4-6-12/h2-8H,9H2,1H3,(H,19,21)/b14-8+.